The molecule has 1 unspecified atom stereocenters. The van der Waals surface area contributed by atoms with Gasteiger partial charge in [0.1, 0.15) is 0 Å². The highest BCUT2D eigenvalue weighted by molar-refractivity contribution is 5.35. The average Bonchev–Trinajstić information content (AvgIpc) is 3.18. The molecule has 106 valence electrons. The molecule has 1 aromatic heterocycles. The molecule has 1 atom stereocenters. The first-order valence-electron chi connectivity index (χ1n) is 7.46. The van der Waals surface area contributed by atoms with E-state index in [-0.39, 0.29) is 0 Å². The molecule has 1 saturated carbocycles. The second kappa shape index (κ2) is 5.41. The molecule has 0 radical (unpaired) electrons. The van der Waals surface area contributed by atoms with Crippen LogP contribution in [-0.2, 0) is 6.42 Å². The highest BCUT2D eigenvalue weighted by Crippen LogP contribution is 2.43. The fourth-order valence-electron chi connectivity index (χ4n) is 2.66. The number of hydrogen-bond acceptors (Lipinski definition) is 2. The second-order valence-corrected chi connectivity index (χ2v) is 6.00. The van der Waals surface area contributed by atoms with Crippen LogP contribution < -0.4 is 0 Å². The van der Waals surface area contributed by atoms with Gasteiger partial charge in [0.05, 0.1) is 11.8 Å². The number of nitrogens with zero attached hydrogens (tertiary/aromatic N) is 2. The van der Waals surface area contributed by atoms with Crippen molar-refractivity contribution in [1.82, 2.24) is 9.78 Å². The largest absolute Gasteiger partial charge is 0.388 e. The zero-order chi connectivity index (χ0) is 14.1. The Morgan fingerprint density at radius 1 is 1.25 bits per heavy atom. The van der Waals surface area contributed by atoms with Crippen LogP contribution in [0.25, 0.3) is 0 Å². The van der Waals surface area contributed by atoms with Crippen LogP contribution in [0.1, 0.15) is 61.6 Å². The average molecular weight is 270 g/mol. The summed E-state index contributed by atoms with van der Waals surface area (Å²) in [6.07, 6.45) is 4.63. The summed E-state index contributed by atoms with van der Waals surface area (Å²) in [6.45, 7) is 4.21. The smallest absolute Gasteiger partial charge is 0.0848 e. The molecule has 2 aromatic rings. The van der Waals surface area contributed by atoms with Gasteiger partial charge in [-0.25, -0.2) is 0 Å². The molecule has 1 fully saturated rings. The van der Waals surface area contributed by atoms with Crippen molar-refractivity contribution in [3.05, 3.63) is 53.3 Å². The number of benzene rings is 1. The Morgan fingerprint density at radius 3 is 2.65 bits per heavy atom. The Labute approximate surface area is 120 Å². The zero-order valence-corrected chi connectivity index (χ0v) is 12.2. The summed E-state index contributed by atoms with van der Waals surface area (Å²) in [6, 6.07) is 10.7. The first-order valence-corrected chi connectivity index (χ1v) is 7.46. The van der Waals surface area contributed by atoms with Gasteiger partial charge in [0, 0.05) is 18.7 Å². The van der Waals surface area contributed by atoms with Gasteiger partial charge in [0.15, 0.2) is 0 Å². The number of hydrogen-bond donors (Lipinski definition) is 1. The highest BCUT2D eigenvalue weighted by Gasteiger charge is 2.27. The van der Waals surface area contributed by atoms with Gasteiger partial charge in [-0.15, -0.1) is 0 Å². The van der Waals surface area contributed by atoms with E-state index in [1.165, 1.54) is 18.4 Å². The van der Waals surface area contributed by atoms with Crippen molar-refractivity contribution in [2.45, 2.75) is 51.2 Å². The van der Waals surface area contributed by atoms with Crippen molar-refractivity contribution in [3.8, 4) is 0 Å². The molecule has 1 aliphatic carbocycles. The first-order chi connectivity index (χ1) is 9.65. The van der Waals surface area contributed by atoms with Crippen LogP contribution in [0, 0.1) is 0 Å². The van der Waals surface area contributed by atoms with Crippen molar-refractivity contribution < 1.29 is 5.11 Å². The molecule has 1 N–H and O–H groups in total. The Bertz CT molecular complexity index is 584. The van der Waals surface area contributed by atoms with Crippen molar-refractivity contribution in [1.29, 1.82) is 0 Å². The molecule has 1 aliphatic rings. The van der Waals surface area contributed by atoms with Gasteiger partial charge in [-0.2, -0.15) is 5.10 Å². The maximum atomic E-state index is 10.5. The van der Waals surface area contributed by atoms with Crippen LogP contribution in [0.5, 0.6) is 0 Å². The standard InChI is InChI=1S/C17H22N2O/c1-12(2)19-10-9-14(18-19)11-17(20)16-6-4-3-5-15(16)13-7-8-13/h3-6,9-10,12-13,17,20H,7-8,11H2,1-2H3. The predicted molar refractivity (Wildman–Crippen MR) is 79.7 cm³/mol. The SMILES string of the molecule is CC(C)n1ccc(CC(O)c2ccccc2C2CC2)n1. The van der Waals surface area contributed by atoms with E-state index in [9.17, 15) is 5.11 Å². The number of aliphatic hydroxyl groups excluding tert-OH is 1. The molecule has 3 heteroatoms. The van der Waals surface area contributed by atoms with Gasteiger partial charge in [-0.05, 0) is 49.8 Å². The molecule has 0 amide bonds. The summed E-state index contributed by atoms with van der Waals surface area (Å²) in [4.78, 5) is 0. The molecule has 3 nitrogen and oxygen atoms in total. The van der Waals surface area contributed by atoms with Crippen molar-refractivity contribution in [2.24, 2.45) is 0 Å². The van der Waals surface area contributed by atoms with Gasteiger partial charge in [-0.3, -0.25) is 4.68 Å². The van der Waals surface area contributed by atoms with Crippen molar-refractivity contribution in [2.75, 3.05) is 0 Å². The summed E-state index contributed by atoms with van der Waals surface area (Å²) in [5.41, 5.74) is 3.36. The van der Waals surface area contributed by atoms with E-state index in [4.69, 9.17) is 0 Å². The molecular weight excluding hydrogens is 248 g/mol. The van der Waals surface area contributed by atoms with Gasteiger partial charge in [0.25, 0.3) is 0 Å². The van der Waals surface area contributed by atoms with Crippen molar-refractivity contribution in [3.63, 3.8) is 0 Å². The fourth-order valence-corrected chi connectivity index (χ4v) is 2.66. The molecule has 0 bridgehead atoms. The van der Waals surface area contributed by atoms with E-state index in [2.05, 4.69) is 37.1 Å². The van der Waals surface area contributed by atoms with E-state index in [1.807, 2.05) is 23.0 Å². The highest BCUT2D eigenvalue weighted by atomic mass is 16.3. The van der Waals surface area contributed by atoms with Crippen LogP contribution in [0.4, 0.5) is 0 Å². The minimum absolute atomic E-state index is 0.361. The lowest BCUT2D eigenvalue weighted by Crippen LogP contribution is -2.07. The maximum absolute atomic E-state index is 10.5. The molecule has 0 saturated heterocycles. The third-order valence-electron chi connectivity index (χ3n) is 3.97. The van der Waals surface area contributed by atoms with E-state index in [0.717, 1.165) is 11.3 Å². The van der Waals surface area contributed by atoms with Gasteiger partial charge in [-0.1, -0.05) is 24.3 Å². The van der Waals surface area contributed by atoms with Crippen LogP contribution in [0.15, 0.2) is 36.5 Å². The number of aromatic nitrogens is 2. The summed E-state index contributed by atoms with van der Waals surface area (Å²) in [5, 5.41) is 15.1. The van der Waals surface area contributed by atoms with Crippen LogP contribution >= 0.6 is 0 Å². The second-order valence-electron chi connectivity index (χ2n) is 6.00. The van der Waals surface area contributed by atoms with E-state index >= 15 is 0 Å². The molecule has 0 spiro atoms. The van der Waals surface area contributed by atoms with Gasteiger partial charge < -0.3 is 5.11 Å². The molecule has 0 aliphatic heterocycles. The van der Waals surface area contributed by atoms with E-state index < -0.39 is 6.10 Å². The van der Waals surface area contributed by atoms with Crippen molar-refractivity contribution >= 4 is 0 Å². The quantitative estimate of drug-likeness (QED) is 0.901. The molecule has 3 rings (SSSR count). The lowest BCUT2D eigenvalue weighted by molar-refractivity contribution is 0.175. The lowest BCUT2D eigenvalue weighted by Gasteiger charge is -2.14. The normalized spacial score (nSPS) is 16.6. The maximum Gasteiger partial charge on any atom is 0.0848 e. The Hall–Kier alpha value is -1.61. The monoisotopic (exact) mass is 270 g/mol. The minimum Gasteiger partial charge on any atom is -0.388 e. The third kappa shape index (κ3) is 2.78. The summed E-state index contributed by atoms with van der Waals surface area (Å²) < 4.78 is 1.94. The third-order valence-corrected chi connectivity index (χ3v) is 3.97. The van der Waals surface area contributed by atoms with Gasteiger partial charge >= 0.3 is 0 Å². The van der Waals surface area contributed by atoms with E-state index in [0.29, 0.717) is 18.4 Å². The topological polar surface area (TPSA) is 38.0 Å². The first kappa shape index (κ1) is 13.4. The fraction of sp³-hybridized carbons (Fsp3) is 0.471. The molecule has 1 heterocycles. The van der Waals surface area contributed by atoms with Crippen LogP contribution in [0.3, 0.4) is 0 Å². The Balaban J connectivity index is 1.77. The number of aliphatic hydroxyl groups is 1. The van der Waals surface area contributed by atoms with Crippen LogP contribution in [0.2, 0.25) is 0 Å². The Morgan fingerprint density at radius 2 is 2.00 bits per heavy atom. The summed E-state index contributed by atoms with van der Waals surface area (Å²) in [5.74, 6) is 0.661. The number of rotatable bonds is 5. The molecule has 1 aromatic carbocycles. The minimum atomic E-state index is -0.456. The molecule has 20 heavy (non-hydrogen) atoms. The summed E-state index contributed by atoms with van der Waals surface area (Å²) >= 11 is 0. The van der Waals surface area contributed by atoms with Crippen LogP contribution in [-0.4, -0.2) is 14.9 Å². The zero-order valence-electron chi connectivity index (χ0n) is 12.2. The summed E-state index contributed by atoms with van der Waals surface area (Å²) in [7, 11) is 0. The lowest BCUT2D eigenvalue weighted by atomic mass is 9.96. The Kier molecular flexibility index (Phi) is 3.62. The molecular formula is C17H22N2O. The van der Waals surface area contributed by atoms with E-state index in [1.54, 1.807) is 0 Å². The predicted octanol–water partition coefficient (Wildman–Crippen LogP) is 3.62. The van der Waals surface area contributed by atoms with Gasteiger partial charge in [0.2, 0.25) is 0 Å².